The van der Waals surface area contributed by atoms with E-state index in [1.165, 1.54) is 12.8 Å². The van der Waals surface area contributed by atoms with Crippen LogP contribution in [0.1, 0.15) is 71.0 Å². The van der Waals surface area contributed by atoms with Crippen LogP contribution in [0, 0.1) is 20.8 Å². The molecule has 0 spiro atoms. The largest absolute Gasteiger partial charge is 0.358 e. The van der Waals surface area contributed by atoms with Crippen molar-refractivity contribution in [1.82, 2.24) is 10.3 Å². The Morgan fingerprint density at radius 2 is 1.93 bits per heavy atom. The zero-order valence-electron chi connectivity index (χ0n) is 17.2. The monoisotopic (exact) mass is 379 g/mol. The predicted molar refractivity (Wildman–Crippen MR) is 114 cm³/mol. The van der Waals surface area contributed by atoms with Gasteiger partial charge in [-0.3, -0.25) is 9.59 Å². The van der Waals surface area contributed by atoms with Crippen LogP contribution in [0.15, 0.2) is 18.2 Å². The van der Waals surface area contributed by atoms with Crippen LogP contribution in [0.3, 0.4) is 0 Å². The van der Waals surface area contributed by atoms with Gasteiger partial charge in [0.2, 0.25) is 0 Å². The van der Waals surface area contributed by atoms with Gasteiger partial charge in [-0.15, -0.1) is 0 Å². The number of aromatic amines is 1. The van der Waals surface area contributed by atoms with Gasteiger partial charge in [0.25, 0.3) is 11.8 Å². The fraction of sp³-hybridized carbons (Fsp3) is 0.391. The molecule has 148 valence electrons. The highest BCUT2D eigenvalue weighted by molar-refractivity contribution is 6.35. The van der Waals surface area contributed by atoms with Crippen molar-refractivity contribution in [1.29, 1.82) is 0 Å². The van der Waals surface area contributed by atoms with Gasteiger partial charge in [-0.25, -0.2) is 0 Å². The molecule has 5 heteroatoms. The second-order valence-corrected chi connectivity index (χ2v) is 7.54. The second-order valence-electron chi connectivity index (χ2n) is 7.54. The molecule has 28 heavy (non-hydrogen) atoms. The molecule has 0 saturated carbocycles. The van der Waals surface area contributed by atoms with Crippen LogP contribution in [-0.4, -0.2) is 23.3 Å². The summed E-state index contributed by atoms with van der Waals surface area (Å²) in [5.74, 6) is -0.173. The Labute approximate surface area is 166 Å². The van der Waals surface area contributed by atoms with Gasteiger partial charge in [0, 0.05) is 29.2 Å². The number of aromatic nitrogens is 1. The van der Waals surface area contributed by atoms with Crippen molar-refractivity contribution in [3.63, 3.8) is 0 Å². The average Bonchev–Trinajstić information content (AvgIpc) is 3.11. The molecule has 3 N–H and O–H groups in total. The molecule has 0 aliphatic carbocycles. The Bertz CT molecular complexity index is 938. The Morgan fingerprint density at radius 3 is 2.68 bits per heavy atom. The first-order valence-corrected chi connectivity index (χ1v) is 10.0. The molecule has 2 aromatic rings. The van der Waals surface area contributed by atoms with E-state index in [4.69, 9.17) is 0 Å². The minimum atomic E-state index is -0.117. The Balaban J connectivity index is 1.83. The van der Waals surface area contributed by atoms with Crippen molar-refractivity contribution in [2.45, 2.75) is 53.4 Å². The topological polar surface area (TPSA) is 74.0 Å². The maximum absolute atomic E-state index is 12.6. The summed E-state index contributed by atoms with van der Waals surface area (Å²) < 4.78 is 0. The lowest BCUT2D eigenvalue weighted by molar-refractivity contribution is -0.110. The first kappa shape index (κ1) is 19.9. The number of H-pyrrole nitrogens is 1. The second kappa shape index (κ2) is 8.46. The lowest BCUT2D eigenvalue weighted by atomic mass is 10.0. The van der Waals surface area contributed by atoms with E-state index in [0.29, 0.717) is 17.7 Å². The van der Waals surface area contributed by atoms with Gasteiger partial charge < -0.3 is 15.6 Å². The Hall–Kier alpha value is -2.82. The van der Waals surface area contributed by atoms with Gasteiger partial charge in [0.1, 0.15) is 0 Å². The summed E-state index contributed by atoms with van der Waals surface area (Å²) in [5, 5.41) is 5.92. The van der Waals surface area contributed by atoms with Crippen LogP contribution in [0.25, 0.3) is 11.6 Å². The molecule has 0 radical (unpaired) electrons. The van der Waals surface area contributed by atoms with Crippen LogP contribution in [-0.2, 0) is 4.79 Å². The molecule has 2 heterocycles. The minimum absolute atomic E-state index is 0.0560. The molecule has 1 aliphatic heterocycles. The first-order valence-electron chi connectivity index (χ1n) is 10.0. The van der Waals surface area contributed by atoms with Crippen molar-refractivity contribution in [2.24, 2.45) is 0 Å². The molecule has 3 rings (SSSR count). The third kappa shape index (κ3) is 4.03. The summed E-state index contributed by atoms with van der Waals surface area (Å²) in [5.41, 5.74) is 6.60. The number of nitrogens with one attached hydrogen (secondary N) is 3. The zero-order valence-corrected chi connectivity index (χ0v) is 17.2. The summed E-state index contributed by atoms with van der Waals surface area (Å²) in [6.07, 6.45) is 6.35. The number of amides is 2. The summed E-state index contributed by atoms with van der Waals surface area (Å²) in [6.45, 7) is 8.69. The van der Waals surface area contributed by atoms with Crippen molar-refractivity contribution in [2.75, 3.05) is 11.9 Å². The van der Waals surface area contributed by atoms with Gasteiger partial charge in [0.15, 0.2) is 0 Å². The Kier molecular flexibility index (Phi) is 6.02. The van der Waals surface area contributed by atoms with Crippen molar-refractivity contribution < 1.29 is 9.59 Å². The molecule has 5 nitrogen and oxygen atoms in total. The fourth-order valence-corrected chi connectivity index (χ4v) is 3.69. The third-order valence-electron chi connectivity index (χ3n) is 5.27. The van der Waals surface area contributed by atoms with E-state index in [2.05, 4.69) is 22.5 Å². The molecule has 0 saturated heterocycles. The van der Waals surface area contributed by atoms with E-state index in [1.807, 2.05) is 45.0 Å². The zero-order chi connectivity index (χ0) is 20.3. The molecule has 0 unspecified atom stereocenters. The number of benzene rings is 1. The number of hydrogen-bond acceptors (Lipinski definition) is 2. The van der Waals surface area contributed by atoms with Crippen LogP contribution >= 0.6 is 0 Å². The highest BCUT2D eigenvalue weighted by Crippen LogP contribution is 2.34. The van der Waals surface area contributed by atoms with Crippen LogP contribution in [0.5, 0.6) is 0 Å². The maximum Gasteiger partial charge on any atom is 0.256 e. The van der Waals surface area contributed by atoms with E-state index in [-0.39, 0.29) is 11.8 Å². The average molecular weight is 380 g/mol. The standard InChI is InChI=1S/C23H29N3O2/c1-5-6-7-8-11-24-23(28)21-15(3)20(25-16(21)4)13-18-17-12-14(2)9-10-19(17)26-22(18)27/h9-10,12-13,25H,5-8,11H2,1-4H3,(H,24,28)(H,26,27)/b18-13-. The van der Waals surface area contributed by atoms with Gasteiger partial charge in [0.05, 0.1) is 11.1 Å². The van der Waals surface area contributed by atoms with Crippen LogP contribution in [0.4, 0.5) is 5.69 Å². The number of aryl methyl sites for hydroxylation is 2. The van der Waals surface area contributed by atoms with Crippen molar-refractivity contribution >= 4 is 29.2 Å². The number of anilines is 1. The number of fused-ring (bicyclic) bond motifs is 1. The SMILES string of the molecule is CCCCCCNC(=O)c1c(C)[nH]c(/C=C2\C(=O)Nc3ccc(C)cc32)c1C. The number of unbranched alkanes of at least 4 members (excludes halogenated alkanes) is 3. The molecule has 0 fully saturated rings. The lowest BCUT2D eigenvalue weighted by Crippen LogP contribution is -2.25. The van der Waals surface area contributed by atoms with Gasteiger partial charge in [-0.05, 0) is 51.0 Å². The predicted octanol–water partition coefficient (Wildman–Crippen LogP) is 4.74. The first-order chi connectivity index (χ1) is 13.4. The van der Waals surface area contributed by atoms with Crippen LogP contribution in [0.2, 0.25) is 0 Å². The van der Waals surface area contributed by atoms with E-state index in [9.17, 15) is 9.59 Å². The molecular formula is C23H29N3O2. The summed E-state index contributed by atoms with van der Waals surface area (Å²) in [4.78, 5) is 28.4. The van der Waals surface area contributed by atoms with Gasteiger partial charge in [-0.1, -0.05) is 37.8 Å². The minimum Gasteiger partial charge on any atom is -0.358 e. The Morgan fingerprint density at radius 1 is 1.14 bits per heavy atom. The highest BCUT2D eigenvalue weighted by Gasteiger charge is 2.25. The number of carbonyl (C=O) groups excluding carboxylic acids is 2. The van der Waals surface area contributed by atoms with Gasteiger partial charge >= 0.3 is 0 Å². The fourth-order valence-electron chi connectivity index (χ4n) is 3.69. The molecule has 1 aromatic heterocycles. The summed E-state index contributed by atoms with van der Waals surface area (Å²) in [7, 11) is 0. The number of carbonyl (C=O) groups is 2. The van der Waals surface area contributed by atoms with Crippen molar-refractivity contribution in [3.05, 3.63) is 51.8 Å². The molecular weight excluding hydrogens is 350 g/mol. The summed E-state index contributed by atoms with van der Waals surface area (Å²) in [6, 6.07) is 5.91. The molecule has 1 aromatic carbocycles. The lowest BCUT2D eigenvalue weighted by Gasteiger charge is -2.06. The smallest absolute Gasteiger partial charge is 0.256 e. The van der Waals surface area contributed by atoms with E-state index < -0.39 is 0 Å². The highest BCUT2D eigenvalue weighted by atomic mass is 16.2. The van der Waals surface area contributed by atoms with Gasteiger partial charge in [-0.2, -0.15) is 0 Å². The quantitative estimate of drug-likeness (QED) is 0.480. The molecule has 0 atom stereocenters. The van der Waals surface area contributed by atoms with E-state index in [0.717, 1.165) is 46.6 Å². The number of rotatable bonds is 7. The van der Waals surface area contributed by atoms with E-state index in [1.54, 1.807) is 0 Å². The third-order valence-corrected chi connectivity index (χ3v) is 5.27. The summed E-state index contributed by atoms with van der Waals surface area (Å²) >= 11 is 0. The van der Waals surface area contributed by atoms with Crippen LogP contribution < -0.4 is 10.6 Å². The molecule has 2 amide bonds. The normalized spacial score (nSPS) is 14.3. The van der Waals surface area contributed by atoms with E-state index >= 15 is 0 Å². The van der Waals surface area contributed by atoms with Crippen molar-refractivity contribution in [3.8, 4) is 0 Å². The molecule has 1 aliphatic rings. The number of hydrogen-bond donors (Lipinski definition) is 3. The molecule has 0 bridgehead atoms. The maximum atomic E-state index is 12.6.